The Kier molecular flexibility index (Phi) is 5.94. The highest BCUT2D eigenvalue weighted by Crippen LogP contribution is 2.22. The third kappa shape index (κ3) is 4.54. The zero-order valence-corrected chi connectivity index (χ0v) is 14.2. The van der Waals surface area contributed by atoms with Crippen LogP contribution >= 0.6 is 27.3 Å². The van der Waals surface area contributed by atoms with Crippen LogP contribution in [-0.2, 0) is 13.1 Å². The summed E-state index contributed by atoms with van der Waals surface area (Å²) in [6.45, 7) is 4.78. The molecular weight excluding hydrogens is 336 g/mol. The highest BCUT2D eigenvalue weighted by atomic mass is 79.9. The quantitative estimate of drug-likeness (QED) is 0.773. The zero-order valence-electron chi connectivity index (χ0n) is 11.8. The number of hydrogen-bond donors (Lipinski definition) is 1. The molecule has 20 heavy (non-hydrogen) atoms. The Hall–Kier alpha value is -0.980. The van der Waals surface area contributed by atoms with E-state index in [4.69, 9.17) is 0 Å². The van der Waals surface area contributed by atoms with Gasteiger partial charge in [-0.05, 0) is 45.9 Å². The van der Waals surface area contributed by atoms with Crippen LogP contribution in [0, 0.1) is 0 Å². The number of rotatable bonds is 7. The first-order valence-corrected chi connectivity index (χ1v) is 8.32. The second-order valence-electron chi connectivity index (χ2n) is 4.66. The predicted octanol–water partition coefficient (Wildman–Crippen LogP) is 3.44. The summed E-state index contributed by atoms with van der Waals surface area (Å²) in [5, 5.41) is 5.47. The maximum absolute atomic E-state index is 4.48. The standard InChI is InChI=1S/C14H19BrN4S/c1-3-4-16-6-12-7-18-14(8-17-12)19(2)9-11-5-13(15)20-10-11/h5,7-8,10,16H,3-4,6,9H2,1-2H3. The van der Waals surface area contributed by atoms with Gasteiger partial charge in [-0.25, -0.2) is 4.98 Å². The molecule has 2 aromatic heterocycles. The molecule has 0 unspecified atom stereocenters. The molecule has 0 aliphatic carbocycles. The first-order valence-electron chi connectivity index (χ1n) is 6.64. The van der Waals surface area contributed by atoms with Crippen molar-refractivity contribution in [3.63, 3.8) is 0 Å². The molecule has 2 heterocycles. The van der Waals surface area contributed by atoms with E-state index in [1.54, 1.807) is 11.3 Å². The zero-order chi connectivity index (χ0) is 14.4. The van der Waals surface area contributed by atoms with Gasteiger partial charge in [0.2, 0.25) is 0 Å². The molecule has 0 saturated heterocycles. The van der Waals surface area contributed by atoms with E-state index in [0.29, 0.717) is 0 Å². The maximum atomic E-state index is 4.48. The molecule has 0 aliphatic heterocycles. The number of thiophene rings is 1. The van der Waals surface area contributed by atoms with E-state index < -0.39 is 0 Å². The summed E-state index contributed by atoms with van der Waals surface area (Å²) in [6, 6.07) is 2.14. The van der Waals surface area contributed by atoms with Gasteiger partial charge in [0, 0.05) is 20.1 Å². The Balaban J connectivity index is 1.91. The van der Waals surface area contributed by atoms with Gasteiger partial charge in [0.05, 0.1) is 21.9 Å². The molecule has 108 valence electrons. The van der Waals surface area contributed by atoms with Crippen molar-refractivity contribution in [2.45, 2.75) is 26.4 Å². The average molecular weight is 355 g/mol. The van der Waals surface area contributed by atoms with Crippen molar-refractivity contribution in [1.82, 2.24) is 15.3 Å². The molecule has 0 amide bonds. The SMILES string of the molecule is CCCNCc1cnc(N(C)Cc2csc(Br)c2)cn1. The van der Waals surface area contributed by atoms with Crippen molar-refractivity contribution < 1.29 is 0 Å². The molecule has 2 rings (SSSR count). The van der Waals surface area contributed by atoms with Crippen LogP contribution in [-0.4, -0.2) is 23.6 Å². The van der Waals surface area contributed by atoms with Gasteiger partial charge in [0.1, 0.15) is 5.82 Å². The van der Waals surface area contributed by atoms with Gasteiger partial charge in [-0.15, -0.1) is 11.3 Å². The average Bonchev–Trinajstić information content (AvgIpc) is 2.85. The lowest BCUT2D eigenvalue weighted by atomic mass is 10.3. The van der Waals surface area contributed by atoms with Crippen LogP contribution in [0.3, 0.4) is 0 Å². The minimum absolute atomic E-state index is 0.780. The van der Waals surface area contributed by atoms with Crippen LogP contribution in [0.25, 0.3) is 0 Å². The van der Waals surface area contributed by atoms with Crippen LogP contribution in [0.1, 0.15) is 24.6 Å². The Labute approximate surface area is 132 Å². The maximum Gasteiger partial charge on any atom is 0.147 e. The molecule has 0 saturated carbocycles. The van der Waals surface area contributed by atoms with E-state index >= 15 is 0 Å². The van der Waals surface area contributed by atoms with Gasteiger partial charge < -0.3 is 10.2 Å². The fourth-order valence-corrected chi connectivity index (χ4v) is 3.01. The monoisotopic (exact) mass is 354 g/mol. The molecule has 0 fully saturated rings. The fourth-order valence-electron chi connectivity index (χ4n) is 1.81. The lowest BCUT2D eigenvalue weighted by Crippen LogP contribution is -2.19. The lowest BCUT2D eigenvalue weighted by molar-refractivity contribution is 0.661. The topological polar surface area (TPSA) is 41.1 Å². The third-order valence-electron chi connectivity index (χ3n) is 2.86. The number of aromatic nitrogens is 2. The van der Waals surface area contributed by atoms with Crippen molar-refractivity contribution in [2.24, 2.45) is 0 Å². The fraction of sp³-hybridized carbons (Fsp3) is 0.429. The number of anilines is 1. The van der Waals surface area contributed by atoms with Gasteiger partial charge >= 0.3 is 0 Å². The van der Waals surface area contributed by atoms with E-state index in [9.17, 15) is 0 Å². The summed E-state index contributed by atoms with van der Waals surface area (Å²) < 4.78 is 1.16. The van der Waals surface area contributed by atoms with Crippen molar-refractivity contribution >= 4 is 33.1 Å². The van der Waals surface area contributed by atoms with Crippen LogP contribution in [0.2, 0.25) is 0 Å². The molecule has 6 heteroatoms. The number of nitrogens with one attached hydrogen (secondary N) is 1. The van der Waals surface area contributed by atoms with Gasteiger partial charge in [-0.3, -0.25) is 4.98 Å². The third-order valence-corrected chi connectivity index (χ3v) is 4.41. The first-order chi connectivity index (χ1) is 9.69. The van der Waals surface area contributed by atoms with Crippen molar-refractivity contribution in [2.75, 3.05) is 18.5 Å². The highest BCUT2D eigenvalue weighted by Gasteiger charge is 2.06. The van der Waals surface area contributed by atoms with Crippen LogP contribution < -0.4 is 10.2 Å². The molecule has 0 spiro atoms. The Morgan fingerprint density at radius 1 is 1.35 bits per heavy atom. The van der Waals surface area contributed by atoms with Crippen molar-refractivity contribution in [1.29, 1.82) is 0 Å². The summed E-state index contributed by atoms with van der Waals surface area (Å²) in [5.74, 6) is 0.895. The molecular formula is C14H19BrN4S. The van der Waals surface area contributed by atoms with Crippen LogP contribution in [0.5, 0.6) is 0 Å². The number of halogens is 1. The minimum atomic E-state index is 0.780. The lowest BCUT2D eigenvalue weighted by Gasteiger charge is -2.17. The summed E-state index contributed by atoms with van der Waals surface area (Å²) >= 11 is 5.18. The highest BCUT2D eigenvalue weighted by molar-refractivity contribution is 9.11. The second-order valence-corrected chi connectivity index (χ2v) is 6.95. The largest absolute Gasteiger partial charge is 0.354 e. The van der Waals surface area contributed by atoms with Crippen LogP contribution in [0.4, 0.5) is 5.82 Å². The van der Waals surface area contributed by atoms with E-state index in [2.05, 4.69) is 54.5 Å². The Bertz CT molecular complexity index is 526. The van der Waals surface area contributed by atoms with Gasteiger partial charge in [-0.2, -0.15) is 0 Å². The molecule has 0 atom stereocenters. The Morgan fingerprint density at radius 3 is 2.80 bits per heavy atom. The molecule has 4 nitrogen and oxygen atoms in total. The summed E-state index contributed by atoms with van der Waals surface area (Å²) in [6.07, 6.45) is 4.81. The molecule has 1 N–H and O–H groups in total. The second kappa shape index (κ2) is 7.71. The molecule has 0 bridgehead atoms. The summed E-state index contributed by atoms with van der Waals surface area (Å²) in [5.41, 5.74) is 2.26. The van der Waals surface area contributed by atoms with Gasteiger partial charge in [0.25, 0.3) is 0 Å². The molecule has 0 radical (unpaired) electrons. The van der Waals surface area contributed by atoms with Gasteiger partial charge in [0.15, 0.2) is 0 Å². The van der Waals surface area contributed by atoms with E-state index in [0.717, 1.165) is 41.4 Å². The smallest absolute Gasteiger partial charge is 0.147 e. The van der Waals surface area contributed by atoms with E-state index in [-0.39, 0.29) is 0 Å². The Morgan fingerprint density at radius 2 is 2.20 bits per heavy atom. The normalized spacial score (nSPS) is 10.8. The van der Waals surface area contributed by atoms with Gasteiger partial charge in [-0.1, -0.05) is 6.92 Å². The van der Waals surface area contributed by atoms with E-state index in [1.165, 1.54) is 5.56 Å². The van der Waals surface area contributed by atoms with Crippen LogP contribution in [0.15, 0.2) is 27.6 Å². The summed E-state index contributed by atoms with van der Waals surface area (Å²) in [4.78, 5) is 11.0. The van der Waals surface area contributed by atoms with Crippen molar-refractivity contribution in [3.8, 4) is 0 Å². The molecule has 0 aliphatic rings. The van der Waals surface area contributed by atoms with Crippen molar-refractivity contribution in [3.05, 3.63) is 38.9 Å². The predicted molar refractivity (Wildman–Crippen MR) is 88.2 cm³/mol. The number of nitrogens with zero attached hydrogens (tertiary/aromatic N) is 3. The molecule has 2 aromatic rings. The number of hydrogen-bond acceptors (Lipinski definition) is 5. The minimum Gasteiger partial charge on any atom is -0.354 e. The first kappa shape index (κ1) is 15.4. The summed E-state index contributed by atoms with van der Waals surface area (Å²) in [7, 11) is 2.03. The molecule has 0 aromatic carbocycles. The van der Waals surface area contributed by atoms with E-state index in [1.807, 2.05) is 19.4 Å².